The van der Waals surface area contributed by atoms with Crippen LogP contribution in [0.2, 0.25) is 0 Å². The van der Waals surface area contributed by atoms with E-state index >= 15 is 0 Å². The zero-order valence-corrected chi connectivity index (χ0v) is 15.0. The molecule has 1 saturated heterocycles. The van der Waals surface area contributed by atoms with Crippen molar-refractivity contribution in [1.82, 2.24) is 19.9 Å². The lowest BCUT2D eigenvalue weighted by molar-refractivity contribution is 0.0697. The fourth-order valence-electron chi connectivity index (χ4n) is 3.14. The summed E-state index contributed by atoms with van der Waals surface area (Å²) in [6.45, 7) is 1.45. The van der Waals surface area contributed by atoms with Crippen LogP contribution in [0.5, 0.6) is 0 Å². The lowest BCUT2D eigenvalue weighted by Gasteiger charge is -2.22. The number of ether oxygens (including phenoxy) is 1. The summed E-state index contributed by atoms with van der Waals surface area (Å²) in [6, 6.07) is 5.07. The third-order valence-corrected chi connectivity index (χ3v) is 4.57. The zero-order chi connectivity index (χ0) is 19.5. The molecule has 0 spiro atoms. The summed E-state index contributed by atoms with van der Waals surface area (Å²) < 4.78 is 33.4. The van der Waals surface area contributed by atoms with Gasteiger partial charge < -0.3 is 15.4 Å². The highest BCUT2D eigenvalue weighted by atomic mass is 19.1. The van der Waals surface area contributed by atoms with E-state index in [-0.39, 0.29) is 18.5 Å². The van der Waals surface area contributed by atoms with E-state index in [1.54, 1.807) is 12.3 Å². The fraction of sp³-hybridized carbons (Fsp3) is 0.316. The highest BCUT2D eigenvalue weighted by Gasteiger charge is 2.20. The van der Waals surface area contributed by atoms with Crippen LogP contribution >= 0.6 is 0 Å². The van der Waals surface area contributed by atoms with Crippen molar-refractivity contribution in [3.05, 3.63) is 59.4 Å². The maximum absolute atomic E-state index is 13.3. The van der Waals surface area contributed by atoms with Crippen molar-refractivity contribution < 1.29 is 18.3 Å². The van der Waals surface area contributed by atoms with E-state index in [0.29, 0.717) is 35.8 Å². The Morgan fingerprint density at radius 1 is 1.21 bits per heavy atom. The number of benzene rings is 1. The molecule has 146 valence electrons. The summed E-state index contributed by atoms with van der Waals surface area (Å²) in [5.41, 5.74) is 1.22. The number of hydrogen-bond acceptors (Lipinski definition) is 5. The van der Waals surface area contributed by atoms with Gasteiger partial charge in [0.1, 0.15) is 23.0 Å². The Morgan fingerprint density at radius 3 is 2.71 bits per heavy atom. The SMILES string of the molecule is O=C(NC1CCOCC1)c1cnn2ccc(NCc3cc(F)cc(F)c3)nc12. The van der Waals surface area contributed by atoms with Crippen LogP contribution in [0.15, 0.2) is 36.7 Å². The number of anilines is 1. The number of aromatic nitrogens is 3. The molecular weight excluding hydrogens is 368 g/mol. The van der Waals surface area contributed by atoms with Gasteiger partial charge in [-0.2, -0.15) is 5.10 Å². The Labute approximate surface area is 159 Å². The molecule has 4 rings (SSSR count). The Balaban J connectivity index is 1.49. The molecule has 0 radical (unpaired) electrons. The molecule has 1 amide bonds. The van der Waals surface area contributed by atoms with Gasteiger partial charge in [-0.3, -0.25) is 4.79 Å². The molecule has 1 aromatic carbocycles. The zero-order valence-electron chi connectivity index (χ0n) is 15.0. The predicted octanol–water partition coefficient (Wildman–Crippen LogP) is 2.53. The summed E-state index contributed by atoms with van der Waals surface area (Å²) >= 11 is 0. The minimum atomic E-state index is -0.636. The second kappa shape index (κ2) is 7.89. The van der Waals surface area contributed by atoms with Crippen LogP contribution in [0.1, 0.15) is 28.8 Å². The van der Waals surface area contributed by atoms with E-state index in [0.717, 1.165) is 18.9 Å². The highest BCUT2D eigenvalue weighted by Crippen LogP contribution is 2.15. The molecule has 1 fully saturated rings. The molecule has 0 bridgehead atoms. The van der Waals surface area contributed by atoms with Crippen molar-refractivity contribution in [2.45, 2.75) is 25.4 Å². The molecule has 1 aliphatic heterocycles. The van der Waals surface area contributed by atoms with Crippen molar-refractivity contribution in [3.8, 4) is 0 Å². The largest absolute Gasteiger partial charge is 0.381 e. The van der Waals surface area contributed by atoms with Crippen LogP contribution in [0.4, 0.5) is 14.6 Å². The first-order chi connectivity index (χ1) is 13.6. The van der Waals surface area contributed by atoms with Crippen LogP contribution in [0.3, 0.4) is 0 Å². The molecule has 0 aliphatic carbocycles. The number of hydrogen-bond donors (Lipinski definition) is 2. The predicted molar refractivity (Wildman–Crippen MR) is 98.0 cm³/mol. The van der Waals surface area contributed by atoms with Crippen molar-refractivity contribution in [2.75, 3.05) is 18.5 Å². The average molecular weight is 387 g/mol. The monoisotopic (exact) mass is 387 g/mol. The maximum atomic E-state index is 13.3. The number of halogens is 2. The number of carbonyl (C=O) groups excluding carboxylic acids is 1. The molecule has 0 saturated carbocycles. The van der Waals surface area contributed by atoms with E-state index < -0.39 is 11.6 Å². The molecule has 0 unspecified atom stereocenters. The first kappa shape index (κ1) is 18.3. The van der Waals surface area contributed by atoms with Crippen molar-refractivity contribution in [3.63, 3.8) is 0 Å². The summed E-state index contributed by atoms with van der Waals surface area (Å²) in [5, 5.41) is 10.2. The van der Waals surface area contributed by atoms with Crippen LogP contribution in [0, 0.1) is 11.6 Å². The van der Waals surface area contributed by atoms with Crippen molar-refractivity contribution in [1.29, 1.82) is 0 Å². The van der Waals surface area contributed by atoms with Crippen LogP contribution in [0.25, 0.3) is 5.65 Å². The van der Waals surface area contributed by atoms with Crippen molar-refractivity contribution in [2.24, 2.45) is 0 Å². The lowest BCUT2D eigenvalue weighted by atomic mass is 10.1. The number of nitrogens with zero attached hydrogens (tertiary/aromatic N) is 3. The quantitative estimate of drug-likeness (QED) is 0.703. The van der Waals surface area contributed by atoms with E-state index in [9.17, 15) is 13.6 Å². The molecule has 2 N–H and O–H groups in total. The van der Waals surface area contributed by atoms with Crippen LogP contribution in [-0.2, 0) is 11.3 Å². The summed E-state index contributed by atoms with van der Waals surface area (Å²) in [6.07, 6.45) is 4.69. The molecule has 9 heteroatoms. The normalized spacial score (nSPS) is 14.9. The Morgan fingerprint density at radius 2 is 1.96 bits per heavy atom. The third kappa shape index (κ3) is 4.09. The Hall–Kier alpha value is -3.07. The van der Waals surface area contributed by atoms with E-state index in [1.165, 1.54) is 22.8 Å². The van der Waals surface area contributed by atoms with Gasteiger partial charge >= 0.3 is 0 Å². The van der Waals surface area contributed by atoms with Crippen molar-refractivity contribution >= 4 is 17.4 Å². The first-order valence-corrected chi connectivity index (χ1v) is 9.00. The fourth-order valence-corrected chi connectivity index (χ4v) is 3.14. The molecular formula is C19H19F2N5O2. The Kier molecular flexibility index (Phi) is 5.16. The smallest absolute Gasteiger partial charge is 0.256 e. The van der Waals surface area contributed by atoms with E-state index in [1.807, 2.05) is 0 Å². The molecule has 0 atom stereocenters. The van der Waals surface area contributed by atoms with Gasteiger partial charge in [-0.05, 0) is 36.6 Å². The number of fused-ring (bicyclic) bond motifs is 1. The van der Waals surface area contributed by atoms with Gasteiger partial charge in [0.05, 0.1) is 6.20 Å². The Bertz CT molecular complexity index is 981. The van der Waals surface area contributed by atoms with E-state index in [2.05, 4.69) is 20.7 Å². The van der Waals surface area contributed by atoms with Gasteiger partial charge in [-0.25, -0.2) is 18.3 Å². The van der Waals surface area contributed by atoms with Gasteiger partial charge in [0.2, 0.25) is 0 Å². The van der Waals surface area contributed by atoms with E-state index in [4.69, 9.17) is 4.74 Å². The van der Waals surface area contributed by atoms with Gasteiger partial charge in [-0.1, -0.05) is 0 Å². The summed E-state index contributed by atoms with van der Waals surface area (Å²) in [4.78, 5) is 17.0. The van der Waals surface area contributed by atoms with Crippen LogP contribution in [-0.4, -0.2) is 39.8 Å². The standard InChI is InChI=1S/C19H19F2N5O2/c20-13-7-12(8-14(21)9-13)10-22-17-1-4-26-18(25-17)16(11-23-26)19(27)24-15-2-5-28-6-3-15/h1,4,7-9,11,15H,2-3,5-6,10H2,(H,22,25)(H,24,27). The highest BCUT2D eigenvalue weighted by molar-refractivity contribution is 5.99. The molecule has 7 nitrogen and oxygen atoms in total. The van der Waals surface area contributed by atoms with Gasteiger partial charge in [0, 0.05) is 38.1 Å². The molecule has 2 aromatic heterocycles. The van der Waals surface area contributed by atoms with Gasteiger partial charge in [0.25, 0.3) is 5.91 Å². The molecule has 3 aromatic rings. The average Bonchev–Trinajstić information content (AvgIpc) is 3.10. The van der Waals surface area contributed by atoms with Crippen LogP contribution < -0.4 is 10.6 Å². The second-order valence-corrected chi connectivity index (χ2v) is 6.63. The summed E-state index contributed by atoms with van der Waals surface area (Å²) in [5.74, 6) is -1.04. The number of amides is 1. The number of rotatable bonds is 5. The number of carbonyl (C=O) groups is 1. The lowest BCUT2D eigenvalue weighted by Crippen LogP contribution is -2.38. The van der Waals surface area contributed by atoms with Gasteiger partial charge in [0.15, 0.2) is 5.65 Å². The number of nitrogens with one attached hydrogen (secondary N) is 2. The molecule has 1 aliphatic rings. The second-order valence-electron chi connectivity index (χ2n) is 6.63. The first-order valence-electron chi connectivity index (χ1n) is 9.00. The maximum Gasteiger partial charge on any atom is 0.256 e. The minimum Gasteiger partial charge on any atom is -0.381 e. The van der Waals surface area contributed by atoms with Gasteiger partial charge in [-0.15, -0.1) is 0 Å². The molecule has 3 heterocycles. The summed E-state index contributed by atoms with van der Waals surface area (Å²) in [7, 11) is 0. The third-order valence-electron chi connectivity index (χ3n) is 4.57. The topological polar surface area (TPSA) is 80.5 Å². The minimum absolute atomic E-state index is 0.0698. The molecule has 28 heavy (non-hydrogen) atoms.